The summed E-state index contributed by atoms with van der Waals surface area (Å²) >= 11 is 0. The van der Waals surface area contributed by atoms with E-state index in [1.165, 1.54) is 18.4 Å². The van der Waals surface area contributed by atoms with Gasteiger partial charge < -0.3 is 5.32 Å². The summed E-state index contributed by atoms with van der Waals surface area (Å²) in [5.74, 6) is -0.447. The molecular weight excluding hydrogens is 435 g/mol. The molecule has 1 aliphatic heterocycles. The standard InChI is InChI=1S/C27H27FN2O2S/c1-19-16-27(18-29,22(17-30-19)14-20-6-4-3-5-7-20)26-15-23(28)10-13-25(26)21-8-11-24(12-9-21)33(2,31)32/h3-13,15,19,22,30H,14,16-17H2,1-2H3. The van der Waals surface area contributed by atoms with Gasteiger partial charge in [-0.05, 0) is 72.2 Å². The molecule has 0 aliphatic carbocycles. The number of rotatable bonds is 5. The fourth-order valence-corrected chi connectivity index (χ4v) is 5.56. The molecule has 3 atom stereocenters. The van der Waals surface area contributed by atoms with Gasteiger partial charge in [-0.1, -0.05) is 48.5 Å². The Kier molecular flexibility index (Phi) is 6.38. The van der Waals surface area contributed by atoms with Crippen molar-refractivity contribution in [1.29, 1.82) is 5.26 Å². The molecule has 0 radical (unpaired) electrons. The number of sulfone groups is 1. The Bertz CT molecular complexity index is 1280. The fourth-order valence-electron chi connectivity index (χ4n) is 4.93. The summed E-state index contributed by atoms with van der Waals surface area (Å²) in [6, 6.07) is 23.9. The summed E-state index contributed by atoms with van der Waals surface area (Å²) in [5.41, 5.74) is 2.41. The second-order valence-corrected chi connectivity index (χ2v) is 11.0. The SMILES string of the molecule is CC1CC(C#N)(c2cc(F)ccc2-c2ccc(S(C)(=O)=O)cc2)C(Cc2ccccc2)CN1. The molecule has 3 aromatic rings. The number of hydrogen-bond donors (Lipinski definition) is 1. The lowest BCUT2D eigenvalue weighted by Crippen LogP contribution is -2.52. The topological polar surface area (TPSA) is 70.0 Å². The van der Waals surface area contributed by atoms with Crippen molar-refractivity contribution in [2.75, 3.05) is 12.8 Å². The minimum atomic E-state index is -3.33. The van der Waals surface area contributed by atoms with Crippen molar-refractivity contribution in [3.63, 3.8) is 0 Å². The minimum Gasteiger partial charge on any atom is -0.314 e. The molecule has 0 spiro atoms. The molecule has 4 rings (SSSR count). The highest BCUT2D eigenvalue weighted by molar-refractivity contribution is 7.90. The van der Waals surface area contributed by atoms with E-state index in [0.29, 0.717) is 24.9 Å². The largest absolute Gasteiger partial charge is 0.314 e. The molecular formula is C27H27FN2O2S. The van der Waals surface area contributed by atoms with Gasteiger partial charge in [-0.2, -0.15) is 5.26 Å². The predicted octanol–water partition coefficient (Wildman–Crippen LogP) is 4.90. The van der Waals surface area contributed by atoms with Crippen LogP contribution in [0, 0.1) is 23.1 Å². The first kappa shape index (κ1) is 23.2. The molecule has 1 heterocycles. The molecule has 1 N–H and O–H groups in total. The van der Waals surface area contributed by atoms with Crippen LogP contribution in [0.4, 0.5) is 4.39 Å². The van der Waals surface area contributed by atoms with E-state index in [4.69, 9.17) is 0 Å². The third-order valence-corrected chi connectivity index (χ3v) is 7.75. The fraction of sp³-hybridized carbons (Fsp3) is 0.296. The molecule has 0 amide bonds. The van der Waals surface area contributed by atoms with Crippen molar-refractivity contribution in [3.8, 4) is 17.2 Å². The van der Waals surface area contributed by atoms with Crippen LogP contribution in [0.5, 0.6) is 0 Å². The molecule has 1 saturated heterocycles. The summed E-state index contributed by atoms with van der Waals surface area (Å²) in [6.45, 7) is 2.69. The van der Waals surface area contributed by atoms with Gasteiger partial charge in [-0.25, -0.2) is 12.8 Å². The summed E-state index contributed by atoms with van der Waals surface area (Å²) in [7, 11) is -3.33. The number of hydrogen-bond acceptors (Lipinski definition) is 4. The minimum absolute atomic E-state index is 0.0584. The summed E-state index contributed by atoms with van der Waals surface area (Å²) < 4.78 is 38.4. The molecule has 0 saturated carbocycles. The maximum atomic E-state index is 14.6. The van der Waals surface area contributed by atoms with E-state index in [9.17, 15) is 18.1 Å². The Morgan fingerprint density at radius 2 is 1.79 bits per heavy atom. The van der Waals surface area contributed by atoms with Crippen LogP contribution < -0.4 is 5.32 Å². The van der Waals surface area contributed by atoms with Gasteiger partial charge in [-0.15, -0.1) is 0 Å². The van der Waals surface area contributed by atoms with E-state index in [-0.39, 0.29) is 22.7 Å². The number of piperidine rings is 1. The van der Waals surface area contributed by atoms with Crippen molar-refractivity contribution in [3.05, 3.63) is 89.7 Å². The Labute approximate surface area is 195 Å². The van der Waals surface area contributed by atoms with Crippen LogP contribution in [-0.2, 0) is 21.7 Å². The highest BCUT2D eigenvalue weighted by Gasteiger charge is 2.46. The molecule has 1 aliphatic rings. The second kappa shape index (κ2) is 9.09. The third-order valence-electron chi connectivity index (χ3n) is 6.62. The predicted molar refractivity (Wildman–Crippen MR) is 128 cm³/mol. The molecule has 170 valence electrons. The molecule has 4 nitrogen and oxygen atoms in total. The second-order valence-electron chi connectivity index (χ2n) is 8.97. The van der Waals surface area contributed by atoms with Gasteiger partial charge in [0.05, 0.1) is 16.4 Å². The van der Waals surface area contributed by atoms with Crippen LogP contribution in [-0.4, -0.2) is 27.3 Å². The van der Waals surface area contributed by atoms with Gasteiger partial charge in [0.1, 0.15) is 5.82 Å². The Morgan fingerprint density at radius 1 is 1.09 bits per heavy atom. The van der Waals surface area contributed by atoms with E-state index in [0.717, 1.165) is 16.7 Å². The Hall–Kier alpha value is -3.01. The smallest absolute Gasteiger partial charge is 0.175 e. The molecule has 3 unspecified atom stereocenters. The number of nitriles is 1. The van der Waals surface area contributed by atoms with Crippen LogP contribution in [0.2, 0.25) is 0 Å². The van der Waals surface area contributed by atoms with Crippen molar-refractivity contribution in [1.82, 2.24) is 5.32 Å². The zero-order valence-electron chi connectivity index (χ0n) is 18.8. The summed E-state index contributed by atoms with van der Waals surface area (Å²) in [5, 5.41) is 14.1. The summed E-state index contributed by atoms with van der Waals surface area (Å²) in [6.07, 6.45) is 2.41. The molecule has 1 fully saturated rings. The maximum Gasteiger partial charge on any atom is 0.175 e. The normalized spacial score (nSPS) is 23.1. The van der Waals surface area contributed by atoms with E-state index in [2.05, 4.69) is 23.5 Å². The Balaban J connectivity index is 1.85. The van der Waals surface area contributed by atoms with Crippen LogP contribution in [0.25, 0.3) is 11.1 Å². The average Bonchev–Trinajstić information content (AvgIpc) is 2.80. The highest BCUT2D eigenvalue weighted by Crippen LogP contribution is 2.45. The lowest BCUT2D eigenvalue weighted by molar-refractivity contribution is 0.219. The van der Waals surface area contributed by atoms with E-state index in [1.807, 2.05) is 25.1 Å². The van der Waals surface area contributed by atoms with E-state index >= 15 is 0 Å². The molecule has 0 bridgehead atoms. The monoisotopic (exact) mass is 462 g/mol. The van der Waals surface area contributed by atoms with Crippen LogP contribution in [0.1, 0.15) is 24.5 Å². The zero-order valence-corrected chi connectivity index (χ0v) is 19.6. The van der Waals surface area contributed by atoms with Crippen LogP contribution in [0.15, 0.2) is 77.7 Å². The quantitative estimate of drug-likeness (QED) is 0.586. The van der Waals surface area contributed by atoms with E-state index < -0.39 is 15.3 Å². The maximum absolute atomic E-state index is 14.6. The molecule has 0 aromatic heterocycles. The van der Waals surface area contributed by atoms with Crippen molar-refractivity contribution >= 4 is 9.84 Å². The van der Waals surface area contributed by atoms with Crippen LogP contribution in [0.3, 0.4) is 0 Å². The lowest BCUT2D eigenvalue weighted by atomic mass is 9.62. The van der Waals surface area contributed by atoms with Crippen molar-refractivity contribution in [2.45, 2.75) is 36.1 Å². The van der Waals surface area contributed by atoms with Gasteiger partial charge in [0.25, 0.3) is 0 Å². The molecule has 3 aromatic carbocycles. The number of nitrogens with one attached hydrogen (secondary N) is 1. The molecule has 6 heteroatoms. The van der Waals surface area contributed by atoms with Crippen molar-refractivity contribution in [2.24, 2.45) is 5.92 Å². The number of nitrogens with zero attached hydrogens (tertiary/aromatic N) is 1. The number of benzene rings is 3. The first-order valence-corrected chi connectivity index (χ1v) is 12.9. The highest BCUT2D eigenvalue weighted by atomic mass is 32.2. The average molecular weight is 463 g/mol. The van der Waals surface area contributed by atoms with E-state index in [1.54, 1.807) is 30.3 Å². The van der Waals surface area contributed by atoms with Gasteiger partial charge in [0, 0.05) is 18.8 Å². The first-order valence-electron chi connectivity index (χ1n) is 11.0. The van der Waals surface area contributed by atoms with Crippen molar-refractivity contribution < 1.29 is 12.8 Å². The lowest BCUT2D eigenvalue weighted by Gasteiger charge is -2.43. The van der Waals surface area contributed by atoms with Gasteiger partial charge >= 0.3 is 0 Å². The summed E-state index contributed by atoms with van der Waals surface area (Å²) in [4.78, 5) is 0.224. The zero-order chi connectivity index (χ0) is 23.6. The Morgan fingerprint density at radius 3 is 2.42 bits per heavy atom. The first-order chi connectivity index (χ1) is 15.7. The van der Waals surface area contributed by atoms with Gasteiger partial charge in [0.15, 0.2) is 9.84 Å². The van der Waals surface area contributed by atoms with Gasteiger partial charge in [-0.3, -0.25) is 0 Å². The molecule has 33 heavy (non-hydrogen) atoms. The van der Waals surface area contributed by atoms with Crippen LogP contribution >= 0.6 is 0 Å². The van der Waals surface area contributed by atoms with Gasteiger partial charge in [0.2, 0.25) is 0 Å². The number of halogens is 1. The third kappa shape index (κ3) is 4.71.